The molecule has 0 spiro atoms. The second-order valence-corrected chi connectivity index (χ2v) is 8.34. The highest BCUT2D eigenvalue weighted by molar-refractivity contribution is 5.73. The molecule has 3 rings (SSSR count). The number of aromatic hydroxyl groups is 1. The summed E-state index contributed by atoms with van der Waals surface area (Å²) in [5, 5.41) is 20.4. The zero-order chi connectivity index (χ0) is 19.1. The minimum atomic E-state index is -0.134. The highest BCUT2D eigenvalue weighted by Gasteiger charge is 2.30. The van der Waals surface area contributed by atoms with E-state index in [0.29, 0.717) is 5.75 Å². The van der Waals surface area contributed by atoms with E-state index < -0.39 is 0 Å². The Kier molecular flexibility index (Phi) is 4.55. The lowest BCUT2D eigenvalue weighted by Gasteiger charge is -2.31. The van der Waals surface area contributed by atoms with Crippen LogP contribution in [-0.4, -0.2) is 20.1 Å². The molecule has 0 aliphatic heterocycles. The van der Waals surface area contributed by atoms with Gasteiger partial charge in [0.25, 0.3) is 0 Å². The van der Waals surface area contributed by atoms with Crippen molar-refractivity contribution in [3.8, 4) is 11.4 Å². The summed E-state index contributed by atoms with van der Waals surface area (Å²) in [6.07, 6.45) is 1.87. The van der Waals surface area contributed by atoms with E-state index in [1.807, 2.05) is 36.4 Å². The molecule has 0 unspecified atom stereocenters. The van der Waals surface area contributed by atoms with E-state index in [1.165, 1.54) is 0 Å². The van der Waals surface area contributed by atoms with Gasteiger partial charge in [0.2, 0.25) is 0 Å². The van der Waals surface area contributed by atoms with Crippen LogP contribution in [0.2, 0.25) is 0 Å². The molecule has 0 amide bonds. The second-order valence-electron chi connectivity index (χ2n) is 8.34. The summed E-state index contributed by atoms with van der Waals surface area (Å²) < 4.78 is 0. The van der Waals surface area contributed by atoms with Crippen molar-refractivity contribution in [1.29, 1.82) is 0 Å². The zero-order valence-electron chi connectivity index (χ0n) is 16.7. The molecule has 4 nitrogen and oxygen atoms in total. The van der Waals surface area contributed by atoms with E-state index in [-0.39, 0.29) is 10.8 Å². The smallest absolute Gasteiger partial charge is 0.123 e. The number of nitrogens with zero attached hydrogens (tertiary/aromatic N) is 3. The van der Waals surface area contributed by atoms with Crippen LogP contribution < -0.4 is 0 Å². The van der Waals surface area contributed by atoms with Gasteiger partial charge in [0.05, 0.1) is 5.69 Å². The number of hydrogen-bond acceptors (Lipinski definition) is 3. The minimum absolute atomic E-state index is 0.134. The van der Waals surface area contributed by atoms with Crippen LogP contribution in [0.1, 0.15) is 65.5 Å². The maximum atomic E-state index is 11.1. The third-order valence-electron chi connectivity index (χ3n) is 5.84. The number of hydrogen-bond donors (Lipinski definition) is 1. The van der Waals surface area contributed by atoms with Crippen LogP contribution in [0.15, 0.2) is 36.4 Å². The lowest BCUT2D eigenvalue weighted by atomic mass is 9.75. The van der Waals surface area contributed by atoms with Crippen LogP contribution in [0.4, 0.5) is 0 Å². The van der Waals surface area contributed by atoms with Gasteiger partial charge in [-0.05, 0) is 47.9 Å². The van der Waals surface area contributed by atoms with Crippen molar-refractivity contribution in [1.82, 2.24) is 15.0 Å². The molecule has 1 aromatic heterocycles. The van der Waals surface area contributed by atoms with Crippen molar-refractivity contribution in [2.75, 3.05) is 0 Å². The van der Waals surface area contributed by atoms with Crippen molar-refractivity contribution in [2.45, 2.75) is 65.2 Å². The molecule has 0 aliphatic rings. The first-order valence-corrected chi connectivity index (χ1v) is 9.40. The Labute approximate surface area is 155 Å². The predicted octanol–water partition coefficient (Wildman–Crippen LogP) is 5.50. The quantitative estimate of drug-likeness (QED) is 0.660. The lowest BCUT2D eigenvalue weighted by molar-refractivity contribution is 0.400. The third kappa shape index (κ3) is 3.09. The molecular weight excluding hydrogens is 322 g/mol. The molecule has 4 heteroatoms. The molecule has 1 heterocycles. The molecule has 0 radical (unpaired) electrons. The van der Waals surface area contributed by atoms with Gasteiger partial charge in [-0.15, -0.1) is 10.2 Å². The van der Waals surface area contributed by atoms with Crippen molar-refractivity contribution in [2.24, 2.45) is 0 Å². The van der Waals surface area contributed by atoms with Crippen LogP contribution in [0.5, 0.6) is 5.75 Å². The fraction of sp³-hybridized carbons (Fsp3) is 0.455. The summed E-state index contributed by atoms with van der Waals surface area (Å²) in [6.45, 7) is 13.0. The Balaban J connectivity index is 2.28. The maximum Gasteiger partial charge on any atom is 0.123 e. The molecule has 0 atom stereocenters. The predicted molar refractivity (Wildman–Crippen MR) is 107 cm³/mol. The summed E-state index contributed by atoms with van der Waals surface area (Å²) in [5.41, 5.74) is 4.27. The number of aromatic nitrogens is 3. The van der Waals surface area contributed by atoms with E-state index in [0.717, 1.165) is 40.7 Å². The van der Waals surface area contributed by atoms with Gasteiger partial charge in [-0.25, -0.2) is 0 Å². The first-order chi connectivity index (χ1) is 12.2. The van der Waals surface area contributed by atoms with E-state index in [4.69, 9.17) is 0 Å². The van der Waals surface area contributed by atoms with Gasteiger partial charge in [0.15, 0.2) is 0 Å². The molecule has 0 saturated carbocycles. The summed E-state index contributed by atoms with van der Waals surface area (Å²) in [4.78, 5) is 1.69. The molecule has 3 aromatic rings. The van der Waals surface area contributed by atoms with Gasteiger partial charge in [0.1, 0.15) is 16.8 Å². The Morgan fingerprint density at radius 2 is 1.27 bits per heavy atom. The Morgan fingerprint density at radius 3 is 1.65 bits per heavy atom. The van der Waals surface area contributed by atoms with Gasteiger partial charge in [0, 0.05) is 11.1 Å². The Bertz CT molecular complexity index is 867. The van der Waals surface area contributed by atoms with Gasteiger partial charge < -0.3 is 5.11 Å². The molecule has 2 aromatic carbocycles. The van der Waals surface area contributed by atoms with E-state index in [9.17, 15) is 5.11 Å². The fourth-order valence-electron chi connectivity index (χ4n) is 3.12. The molecule has 1 N–H and O–H groups in total. The van der Waals surface area contributed by atoms with Crippen molar-refractivity contribution < 1.29 is 5.11 Å². The van der Waals surface area contributed by atoms with E-state index in [2.05, 4.69) is 51.7 Å². The van der Waals surface area contributed by atoms with Crippen LogP contribution in [-0.2, 0) is 10.8 Å². The topological polar surface area (TPSA) is 50.9 Å². The normalized spacial score (nSPS) is 12.7. The van der Waals surface area contributed by atoms with Crippen molar-refractivity contribution in [3.63, 3.8) is 0 Å². The number of benzene rings is 2. The number of phenolic OH excluding ortho intramolecular Hbond substituents is 1. The third-order valence-corrected chi connectivity index (χ3v) is 5.84. The average Bonchev–Trinajstić information content (AvgIpc) is 3.05. The molecule has 0 fully saturated rings. The molecule has 0 saturated heterocycles. The van der Waals surface area contributed by atoms with Crippen molar-refractivity contribution >= 4 is 11.0 Å². The largest absolute Gasteiger partial charge is 0.507 e. The number of rotatable bonds is 5. The van der Waals surface area contributed by atoms with Gasteiger partial charge in [-0.1, -0.05) is 53.7 Å². The minimum Gasteiger partial charge on any atom is -0.507 e. The van der Waals surface area contributed by atoms with Crippen LogP contribution >= 0.6 is 0 Å². The molecule has 0 aliphatic carbocycles. The van der Waals surface area contributed by atoms with E-state index in [1.54, 1.807) is 4.80 Å². The summed E-state index contributed by atoms with van der Waals surface area (Å²) in [6, 6.07) is 11.9. The highest BCUT2D eigenvalue weighted by Crippen LogP contribution is 2.43. The number of phenols is 1. The summed E-state index contributed by atoms with van der Waals surface area (Å²) >= 11 is 0. The van der Waals surface area contributed by atoms with Gasteiger partial charge in [-0.2, -0.15) is 4.80 Å². The van der Waals surface area contributed by atoms with Crippen LogP contribution in [0.3, 0.4) is 0 Å². The van der Waals surface area contributed by atoms with Crippen LogP contribution in [0, 0.1) is 0 Å². The second kappa shape index (κ2) is 6.42. The maximum absolute atomic E-state index is 11.1. The number of fused-ring (bicyclic) bond motifs is 1. The first kappa shape index (κ1) is 18.4. The molecule has 26 heavy (non-hydrogen) atoms. The molecule has 138 valence electrons. The fourth-order valence-corrected chi connectivity index (χ4v) is 3.12. The lowest BCUT2D eigenvalue weighted by Crippen LogP contribution is -2.22. The van der Waals surface area contributed by atoms with Gasteiger partial charge >= 0.3 is 0 Å². The molecular formula is C22H29N3O. The first-order valence-electron chi connectivity index (χ1n) is 9.40. The van der Waals surface area contributed by atoms with Gasteiger partial charge in [-0.3, -0.25) is 0 Å². The SMILES string of the molecule is CCC(C)(C)c1cc(-n2nc3ccccc3n2)cc(C(C)(C)CC)c1O. The average molecular weight is 351 g/mol. The highest BCUT2D eigenvalue weighted by atomic mass is 16.3. The van der Waals surface area contributed by atoms with Crippen molar-refractivity contribution in [3.05, 3.63) is 47.5 Å². The monoisotopic (exact) mass is 351 g/mol. The molecule has 0 bridgehead atoms. The van der Waals surface area contributed by atoms with Crippen LogP contribution in [0.25, 0.3) is 16.7 Å². The standard InChI is InChI=1S/C22H29N3O/c1-7-21(3,4)16-13-15(14-17(20(16)26)22(5,6)8-2)25-23-18-11-9-10-12-19(18)24-25/h9-14,26H,7-8H2,1-6H3. The van der Waals surface area contributed by atoms with E-state index >= 15 is 0 Å². The Hall–Kier alpha value is -2.36. The Morgan fingerprint density at radius 1 is 0.846 bits per heavy atom. The zero-order valence-corrected chi connectivity index (χ0v) is 16.7. The summed E-state index contributed by atoms with van der Waals surface area (Å²) in [7, 11) is 0. The summed E-state index contributed by atoms with van der Waals surface area (Å²) in [5.74, 6) is 0.407.